The smallest absolute Gasteiger partial charge is 0.411 e. The molecule has 0 saturated heterocycles. The van der Waals surface area contributed by atoms with Crippen molar-refractivity contribution >= 4 is 23.4 Å². The first-order chi connectivity index (χ1) is 9.69. The first kappa shape index (κ1) is 13.9. The molecule has 100 valence electrons. The van der Waals surface area contributed by atoms with E-state index >= 15 is 0 Å². The number of carbonyl (C=O) groups excluding carboxylic acids is 1. The Balaban J connectivity index is 1.92. The maximum absolute atomic E-state index is 11.6. The molecule has 2 aromatic rings. The first-order valence-electron chi connectivity index (χ1n) is 5.86. The van der Waals surface area contributed by atoms with Crippen LogP contribution in [0.1, 0.15) is 11.1 Å². The zero-order chi connectivity index (χ0) is 14.4. The summed E-state index contributed by atoms with van der Waals surface area (Å²) in [6.07, 6.45) is -0.574. The number of hydrogen-bond acceptors (Lipinski definition) is 3. The molecular weight excluding hydrogens is 276 g/mol. The molecule has 1 amide bonds. The van der Waals surface area contributed by atoms with Gasteiger partial charge in [-0.3, -0.25) is 5.32 Å². The number of nitrogens with one attached hydrogen (secondary N) is 1. The van der Waals surface area contributed by atoms with Crippen molar-refractivity contribution in [2.75, 3.05) is 5.32 Å². The number of benzene rings is 2. The van der Waals surface area contributed by atoms with Gasteiger partial charge >= 0.3 is 6.09 Å². The summed E-state index contributed by atoms with van der Waals surface area (Å²) in [5.74, 6) is 0. The maximum atomic E-state index is 11.6. The fourth-order valence-corrected chi connectivity index (χ4v) is 1.78. The molecule has 0 aliphatic carbocycles. The Bertz CT molecular complexity index is 651. The fraction of sp³-hybridized carbons (Fsp3) is 0.0667. The molecule has 5 heteroatoms. The predicted octanol–water partition coefficient (Wildman–Crippen LogP) is 3.96. The third-order valence-electron chi connectivity index (χ3n) is 2.55. The molecule has 2 rings (SSSR count). The Hall–Kier alpha value is -2.51. The number of ether oxygens (including phenoxy) is 1. The molecular formula is C15H11ClN2O2. The van der Waals surface area contributed by atoms with Crippen molar-refractivity contribution in [1.29, 1.82) is 5.26 Å². The number of nitrogens with zero attached hydrogens (tertiary/aromatic N) is 1. The summed E-state index contributed by atoms with van der Waals surface area (Å²) < 4.78 is 5.07. The van der Waals surface area contributed by atoms with Crippen molar-refractivity contribution in [1.82, 2.24) is 0 Å². The lowest BCUT2D eigenvalue weighted by Crippen LogP contribution is -2.13. The van der Waals surface area contributed by atoms with Crippen LogP contribution < -0.4 is 5.32 Å². The largest absolute Gasteiger partial charge is 0.444 e. The lowest BCUT2D eigenvalue weighted by molar-refractivity contribution is 0.155. The highest BCUT2D eigenvalue weighted by Crippen LogP contribution is 2.20. The van der Waals surface area contributed by atoms with Crippen molar-refractivity contribution in [3.63, 3.8) is 0 Å². The number of hydrogen-bond donors (Lipinski definition) is 1. The van der Waals surface area contributed by atoms with Crippen molar-refractivity contribution in [2.45, 2.75) is 6.61 Å². The Kier molecular flexibility index (Phi) is 4.59. The molecule has 0 spiro atoms. The van der Waals surface area contributed by atoms with Gasteiger partial charge in [0.2, 0.25) is 0 Å². The van der Waals surface area contributed by atoms with Crippen LogP contribution >= 0.6 is 11.6 Å². The molecule has 0 aromatic heterocycles. The topological polar surface area (TPSA) is 62.1 Å². The molecule has 1 N–H and O–H groups in total. The normalized spacial score (nSPS) is 9.60. The highest BCUT2D eigenvalue weighted by Gasteiger charge is 2.06. The molecule has 0 saturated carbocycles. The molecule has 20 heavy (non-hydrogen) atoms. The number of nitriles is 1. The van der Waals surface area contributed by atoms with Crippen molar-refractivity contribution in [3.05, 3.63) is 64.7 Å². The van der Waals surface area contributed by atoms with Gasteiger partial charge in [-0.2, -0.15) is 5.26 Å². The summed E-state index contributed by atoms with van der Waals surface area (Å²) in [6.45, 7) is 0.191. The van der Waals surface area contributed by atoms with Crippen LogP contribution in [0.15, 0.2) is 48.5 Å². The van der Waals surface area contributed by atoms with Crippen LogP contribution in [0.2, 0.25) is 5.02 Å². The van der Waals surface area contributed by atoms with E-state index < -0.39 is 6.09 Å². The Morgan fingerprint density at radius 2 is 2.00 bits per heavy atom. The van der Waals surface area contributed by atoms with E-state index in [1.165, 1.54) is 12.1 Å². The second-order valence-corrected chi connectivity index (χ2v) is 4.40. The highest BCUT2D eigenvalue weighted by atomic mass is 35.5. The second-order valence-electron chi connectivity index (χ2n) is 3.99. The summed E-state index contributed by atoms with van der Waals surface area (Å²) in [6, 6.07) is 15.9. The van der Waals surface area contributed by atoms with Gasteiger partial charge in [0.1, 0.15) is 12.7 Å². The average Bonchev–Trinajstić information content (AvgIpc) is 2.46. The molecule has 4 nitrogen and oxygen atoms in total. The van der Waals surface area contributed by atoms with Gasteiger partial charge in [-0.1, -0.05) is 41.9 Å². The average molecular weight is 287 g/mol. The highest BCUT2D eigenvalue weighted by molar-refractivity contribution is 6.32. The van der Waals surface area contributed by atoms with Crippen molar-refractivity contribution < 1.29 is 9.53 Å². The van der Waals surface area contributed by atoms with Gasteiger partial charge in [0.05, 0.1) is 10.6 Å². The van der Waals surface area contributed by atoms with Gasteiger partial charge in [-0.25, -0.2) is 4.79 Å². The van der Waals surface area contributed by atoms with Gasteiger partial charge < -0.3 is 4.74 Å². The Labute approximate surface area is 121 Å². The lowest BCUT2D eigenvalue weighted by atomic mass is 10.2. The van der Waals surface area contributed by atoms with Crippen LogP contribution in [0.3, 0.4) is 0 Å². The first-order valence-corrected chi connectivity index (χ1v) is 6.24. The zero-order valence-electron chi connectivity index (χ0n) is 10.5. The van der Waals surface area contributed by atoms with E-state index in [-0.39, 0.29) is 11.6 Å². The summed E-state index contributed by atoms with van der Waals surface area (Å²) in [5, 5.41) is 11.6. The van der Waals surface area contributed by atoms with E-state index in [0.717, 1.165) is 5.56 Å². The molecule has 0 fully saturated rings. The number of halogens is 1. The van der Waals surface area contributed by atoms with Gasteiger partial charge in [0.15, 0.2) is 0 Å². The van der Waals surface area contributed by atoms with Gasteiger partial charge in [0.25, 0.3) is 0 Å². The number of carbonyl (C=O) groups is 1. The van der Waals surface area contributed by atoms with Crippen LogP contribution in [-0.2, 0) is 11.3 Å². The van der Waals surface area contributed by atoms with Gasteiger partial charge in [0, 0.05) is 5.69 Å². The number of anilines is 1. The maximum Gasteiger partial charge on any atom is 0.411 e. The van der Waals surface area contributed by atoms with E-state index in [1.807, 2.05) is 36.4 Å². The quantitative estimate of drug-likeness (QED) is 0.929. The van der Waals surface area contributed by atoms with Crippen LogP contribution in [0.4, 0.5) is 10.5 Å². The second kappa shape index (κ2) is 6.60. The standard InChI is InChI=1S/C15H11ClN2O2/c16-14-8-13(7-6-12(14)9-17)18-15(19)20-10-11-4-2-1-3-5-11/h1-8H,10H2,(H,18,19). The van der Waals surface area contributed by atoms with E-state index in [9.17, 15) is 4.79 Å². The molecule has 0 aliphatic rings. The Morgan fingerprint density at radius 1 is 1.25 bits per heavy atom. The number of amides is 1. The monoisotopic (exact) mass is 286 g/mol. The predicted molar refractivity (Wildman–Crippen MR) is 76.4 cm³/mol. The minimum atomic E-state index is -0.574. The fourth-order valence-electron chi connectivity index (χ4n) is 1.56. The minimum absolute atomic E-state index is 0.191. The van der Waals surface area contributed by atoms with Crippen LogP contribution in [0, 0.1) is 11.3 Å². The molecule has 2 aromatic carbocycles. The molecule has 0 atom stereocenters. The van der Waals surface area contributed by atoms with E-state index in [0.29, 0.717) is 11.3 Å². The third-order valence-corrected chi connectivity index (χ3v) is 2.86. The molecule has 0 aliphatic heterocycles. The minimum Gasteiger partial charge on any atom is -0.444 e. The van der Waals surface area contributed by atoms with E-state index in [2.05, 4.69) is 5.32 Å². The summed E-state index contributed by atoms with van der Waals surface area (Å²) in [7, 11) is 0. The van der Waals surface area contributed by atoms with Crippen molar-refractivity contribution in [2.24, 2.45) is 0 Å². The SMILES string of the molecule is N#Cc1ccc(NC(=O)OCc2ccccc2)cc1Cl. The van der Waals surface area contributed by atoms with Crippen LogP contribution in [0.5, 0.6) is 0 Å². The summed E-state index contributed by atoms with van der Waals surface area (Å²) in [4.78, 5) is 11.6. The zero-order valence-corrected chi connectivity index (χ0v) is 11.2. The van der Waals surface area contributed by atoms with E-state index in [4.69, 9.17) is 21.6 Å². The lowest BCUT2D eigenvalue weighted by Gasteiger charge is -2.07. The summed E-state index contributed by atoms with van der Waals surface area (Å²) in [5.41, 5.74) is 1.74. The third kappa shape index (κ3) is 3.74. The molecule has 0 unspecified atom stereocenters. The molecule has 0 bridgehead atoms. The molecule has 0 radical (unpaired) electrons. The van der Waals surface area contributed by atoms with Gasteiger partial charge in [-0.05, 0) is 23.8 Å². The molecule has 0 heterocycles. The van der Waals surface area contributed by atoms with E-state index in [1.54, 1.807) is 6.07 Å². The number of rotatable bonds is 3. The van der Waals surface area contributed by atoms with Crippen LogP contribution in [0.25, 0.3) is 0 Å². The summed E-state index contributed by atoms with van der Waals surface area (Å²) >= 11 is 5.87. The van der Waals surface area contributed by atoms with Gasteiger partial charge in [-0.15, -0.1) is 0 Å². The van der Waals surface area contributed by atoms with Crippen LogP contribution in [-0.4, -0.2) is 6.09 Å². The van der Waals surface area contributed by atoms with Crippen molar-refractivity contribution in [3.8, 4) is 6.07 Å². The Morgan fingerprint density at radius 3 is 2.65 bits per heavy atom.